The largest absolute Gasteiger partial charge is 0.475 e. The van der Waals surface area contributed by atoms with Crippen molar-refractivity contribution in [3.05, 3.63) is 11.8 Å². The van der Waals surface area contributed by atoms with Gasteiger partial charge in [-0.2, -0.15) is 0 Å². The minimum Gasteiger partial charge on any atom is -0.475 e. The molecule has 0 aliphatic carbocycles. The first-order chi connectivity index (χ1) is 5.61. The number of hydrogen-bond donors (Lipinski definition) is 1. The number of esters is 1. The van der Waals surface area contributed by atoms with E-state index in [2.05, 4.69) is 4.74 Å². The fourth-order valence-corrected chi connectivity index (χ4v) is 0.562. The Morgan fingerprint density at radius 3 is 2.50 bits per heavy atom. The zero-order valence-corrected chi connectivity index (χ0v) is 7.30. The van der Waals surface area contributed by atoms with Gasteiger partial charge >= 0.3 is 11.9 Å². The molecule has 0 aromatic carbocycles. The third-order valence-electron chi connectivity index (χ3n) is 0.933. The minimum atomic E-state index is -1.27. The van der Waals surface area contributed by atoms with Gasteiger partial charge in [-0.3, -0.25) is 4.79 Å². The van der Waals surface area contributed by atoms with Gasteiger partial charge in [-0.25, -0.2) is 4.79 Å². The van der Waals surface area contributed by atoms with Gasteiger partial charge in [0.2, 0.25) is 5.76 Å². The number of carbonyl (C=O) groups is 2. The zero-order chi connectivity index (χ0) is 9.56. The molecule has 0 aliphatic rings. The molecule has 0 radical (unpaired) electrons. The fourth-order valence-electron chi connectivity index (χ4n) is 0.508. The van der Waals surface area contributed by atoms with Crippen LogP contribution in [0, 0.1) is 0 Å². The van der Waals surface area contributed by atoms with E-state index in [1.165, 1.54) is 6.08 Å². The number of alkyl halides is 1. The van der Waals surface area contributed by atoms with Gasteiger partial charge in [-0.05, 0) is 12.5 Å². The van der Waals surface area contributed by atoms with Crippen molar-refractivity contribution in [3.8, 4) is 0 Å². The molecule has 0 aromatic heterocycles. The average molecular weight is 193 g/mol. The van der Waals surface area contributed by atoms with Gasteiger partial charge in [0.15, 0.2) is 0 Å². The molecule has 5 heteroatoms. The predicted molar refractivity (Wildman–Crippen MR) is 42.8 cm³/mol. The minimum absolute atomic E-state index is 0.353. The van der Waals surface area contributed by atoms with Crippen molar-refractivity contribution in [2.75, 3.05) is 5.88 Å². The van der Waals surface area contributed by atoms with Crippen molar-refractivity contribution in [3.63, 3.8) is 0 Å². The number of allylic oxidation sites excluding steroid dienone is 1. The summed E-state index contributed by atoms with van der Waals surface area (Å²) in [6.07, 6.45) is 1.78. The van der Waals surface area contributed by atoms with E-state index >= 15 is 0 Å². The van der Waals surface area contributed by atoms with Crippen molar-refractivity contribution in [1.82, 2.24) is 0 Å². The molecular formula is C7H9ClO4. The summed E-state index contributed by atoms with van der Waals surface area (Å²) in [6.45, 7) is 1.73. The summed E-state index contributed by atoms with van der Waals surface area (Å²) < 4.78 is 4.39. The standard InChI is InChI=1S/C7H9ClO4/c1-2-3-5(7(10)11)12-6(9)4-8/h3H,2,4H2,1H3,(H,10,11)/b5-3-. The Balaban J connectivity index is 4.24. The van der Waals surface area contributed by atoms with Gasteiger partial charge in [0.1, 0.15) is 5.88 Å². The molecule has 0 amide bonds. The lowest BCUT2D eigenvalue weighted by atomic mass is 10.4. The quantitative estimate of drug-likeness (QED) is 0.314. The van der Waals surface area contributed by atoms with Crippen LogP contribution in [0.1, 0.15) is 13.3 Å². The SMILES string of the molecule is CC/C=C(\OC(=O)CCl)C(=O)O. The topological polar surface area (TPSA) is 63.6 Å². The molecule has 0 atom stereocenters. The molecule has 0 saturated carbocycles. The fraction of sp³-hybridized carbons (Fsp3) is 0.429. The number of hydrogen-bond acceptors (Lipinski definition) is 3. The smallest absolute Gasteiger partial charge is 0.371 e. The number of carbonyl (C=O) groups excluding carboxylic acids is 1. The van der Waals surface area contributed by atoms with Crippen molar-refractivity contribution in [2.45, 2.75) is 13.3 Å². The van der Waals surface area contributed by atoms with Gasteiger partial charge in [0.05, 0.1) is 0 Å². The zero-order valence-electron chi connectivity index (χ0n) is 6.54. The van der Waals surface area contributed by atoms with E-state index in [0.29, 0.717) is 6.42 Å². The van der Waals surface area contributed by atoms with Crippen LogP contribution >= 0.6 is 11.6 Å². The van der Waals surface area contributed by atoms with Gasteiger partial charge in [0.25, 0.3) is 0 Å². The molecule has 0 unspecified atom stereocenters. The Morgan fingerprint density at radius 1 is 1.58 bits per heavy atom. The highest BCUT2D eigenvalue weighted by atomic mass is 35.5. The molecule has 0 saturated heterocycles. The van der Waals surface area contributed by atoms with Crippen LogP contribution in [0.4, 0.5) is 0 Å². The van der Waals surface area contributed by atoms with E-state index in [1.54, 1.807) is 6.92 Å². The highest BCUT2D eigenvalue weighted by molar-refractivity contribution is 6.26. The number of carboxylic acids is 1. The molecule has 12 heavy (non-hydrogen) atoms. The third kappa shape index (κ3) is 3.98. The summed E-state index contributed by atoms with van der Waals surface area (Å²) in [5.41, 5.74) is 0. The van der Waals surface area contributed by atoms with Gasteiger partial charge < -0.3 is 9.84 Å². The maximum absolute atomic E-state index is 10.5. The average Bonchev–Trinajstić information content (AvgIpc) is 2.03. The summed E-state index contributed by atoms with van der Waals surface area (Å²) in [4.78, 5) is 20.9. The molecule has 0 bridgehead atoms. The number of halogens is 1. The van der Waals surface area contributed by atoms with Crippen molar-refractivity contribution in [2.24, 2.45) is 0 Å². The Morgan fingerprint density at radius 2 is 2.17 bits per heavy atom. The summed E-state index contributed by atoms with van der Waals surface area (Å²) in [7, 11) is 0. The van der Waals surface area contributed by atoms with Crippen LogP contribution in [0.15, 0.2) is 11.8 Å². The molecule has 0 rings (SSSR count). The van der Waals surface area contributed by atoms with Gasteiger partial charge in [-0.15, -0.1) is 11.6 Å². The second kappa shape index (κ2) is 5.60. The Hall–Kier alpha value is -1.03. The molecule has 0 heterocycles. The summed E-state index contributed by atoms with van der Waals surface area (Å²) in [5, 5.41) is 8.46. The molecule has 4 nitrogen and oxygen atoms in total. The molecule has 0 aromatic rings. The molecule has 68 valence electrons. The number of aliphatic carboxylic acids is 1. The van der Waals surface area contributed by atoms with Crippen LogP contribution in [0.5, 0.6) is 0 Å². The highest BCUT2D eigenvalue weighted by Crippen LogP contribution is 2.00. The lowest BCUT2D eigenvalue weighted by Gasteiger charge is -2.00. The molecular weight excluding hydrogens is 184 g/mol. The van der Waals surface area contributed by atoms with E-state index in [1.807, 2.05) is 0 Å². The summed E-state index contributed by atoms with van der Waals surface area (Å²) in [5.74, 6) is -2.76. The first-order valence-corrected chi connectivity index (χ1v) is 3.85. The van der Waals surface area contributed by atoms with Gasteiger partial charge in [0, 0.05) is 0 Å². The van der Waals surface area contributed by atoms with Crippen molar-refractivity contribution < 1.29 is 19.4 Å². The lowest BCUT2D eigenvalue weighted by molar-refractivity contribution is -0.146. The first kappa shape index (κ1) is 11.0. The van der Waals surface area contributed by atoms with Crippen molar-refractivity contribution >= 4 is 23.5 Å². The maximum Gasteiger partial charge on any atom is 0.371 e. The van der Waals surface area contributed by atoms with Crippen LogP contribution in [-0.2, 0) is 14.3 Å². The van der Waals surface area contributed by atoms with Crippen LogP contribution in [-0.4, -0.2) is 22.9 Å². The molecule has 0 aliphatic heterocycles. The Bertz CT molecular complexity index is 209. The second-order valence-corrected chi connectivity index (χ2v) is 2.16. The van der Waals surface area contributed by atoms with Gasteiger partial charge in [-0.1, -0.05) is 6.92 Å². The molecule has 0 spiro atoms. The van der Waals surface area contributed by atoms with E-state index in [-0.39, 0.29) is 11.6 Å². The number of rotatable bonds is 4. The molecule has 0 fully saturated rings. The Kier molecular flexibility index (Phi) is 5.12. The third-order valence-corrected chi connectivity index (χ3v) is 1.15. The Labute approximate surface area is 74.8 Å². The lowest BCUT2D eigenvalue weighted by Crippen LogP contribution is -2.12. The normalized spacial score (nSPS) is 11.0. The first-order valence-electron chi connectivity index (χ1n) is 3.31. The van der Waals surface area contributed by atoms with Crippen molar-refractivity contribution in [1.29, 1.82) is 0 Å². The van der Waals surface area contributed by atoms with E-state index in [0.717, 1.165) is 0 Å². The van der Waals surface area contributed by atoms with E-state index in [9.17, 15) is 9.59 Å². The second-order valence-electron chi connectivity index (χ2n) is 1.89. The van der Waals surface area contributed by atoms with Crippen LogP contribution in [0.25, 0.3) is 0 Å². The van der Waals surface area contributed by atoms with E-state index in [4.69, 9.17) is 16.7 Å². The maximum atomic E-state index is 10.5. The van der Waals surface area contributed by atoms with E-state index < -0.39 is 11.9 Å². The predicted octanol–water partition coefficient (Wildman–Crippen LogP) is 1.15. The number of carboxylic acid groups (broad SMARTS) is 1. The summed E-state index contributed by atoms with van der Waals surface area (Å²) in [6, 6.07) is 0. The summed E-state index contributed by atoms with van der Waals surface area (Å²) >= 11 is 5.11. The number of ether oxygens (including phenoxy) is 1. The van der Waals surface area contributed by atoms with Crippen LogP contribution < -0.4 is 0 Å². The highest BCUT2D eigenvalue weighted by Gasteiger charge is 2.11. The van der Waals surface area contributed by atoms with Crippen LogP contribution in [0.2, 0.25) is 0 Å². The van der Waals surface area contributed by atoms with Crippen LogP contribution in [0.3, 0.4) is 0 Å². The monoisotopic (exact) mass is 192 g/mol. The molecule has 1 N–H and O–H groups in total.